The van der Waals surface area contributed by atoms with Gasteiger partial charge in [-0.1, -0.05) is 18.2 Å². The average Bonchev–Trinajstić information content (AvgIpc) is 2.29. The number of hydrogen-bond acceptors (Lipinski definition) is 2. The average molecular weight is 282 g/mol. The fourth-order valence-corrected chi connectivity index (χ4v) is 0.757. The SMILES string of the molecule is CN(C)C(=O)Nc1ccccc1.OC(F)(F)C(F)F. The minimum atomic E-state index is -4.83. The van der Waals surface area contributed by atoms with E-state index in [1.165, 1.54) is 4.90 Å². The highest BCUT2D eigenvalue weighted by Crippen LogP contribution is 2.17. The standard InChI is InChI=1S/C9H12N2O.C2H2F4O/c1-11(2)9(12)10-8-6-4-3-5-7-8;3-1(4)2(5,6)7/h3-7H,1-2H3,(H,10,12);1,7H. The summed E-state index contributed by atoms with van der Waals surface area (Å²) in [6.45, 7) is 0. The van der Waals surface area contributed by atoms with Crippen molar-refractivity contribution < 1.29 is 27.5 Å². The summed E-state index contributed by atoms with van der Waals surface area (Å²) in [5, 5.41) is 9.74. The number of halogens is 4. The molecular formula is C11H14F4N2O2. The second kappa shape index (κ2) is 7.57. The summed E-state index contributed by atoms with van der Waals surface area (Å²) >= 11 is 0. The number of alkyl halides is 4. The first-order chi connectivity index (χ1) is 8.64. The van der Waals surface area contributed by atoms with Crippen LogP contribution in [0.4, 0.5) is 28.0 Å². The molecule has 2 N–H and O–H groups in total. The molecule has 0 heterocycles. The molecule has 1 aromatic rings. The molecule has 108 valence electrons. The second-order valence-corrected chi connectivity index (χ2v) is 3.58. The van der Waals surface area contributed by atoms with Crippen LogP contribution in [0.2, 0.25) is 0 Å². The van der Waals surface area contributed by atoms with Gasteiger partial charge in [-0.25, -0.2) is 13.6 Å². The van der Waals surface area contributed by atoms with Gasteiger partial charge in [-0.3, -0.25) is 0 Å². The molecule has 4 nitrogen and oxygen atoms in total. The van der Waals surface area contributed by atoms with Crippen LogP contribution in [0.25, 0.3) is 0 Å². The van der Waals surface area contributed by atoms with Gasteiger partial charge in [-0.05, 0) is 12.1 Å². The van der Waals surface area contributed by atoms with Gasteiger partial charge in [0, 0.05) is 19.8 Å². The molecule has 0 fully saturated rings. The van der Waals surface area contributed by atoms with Crippen molar-refractivity contribution in [2.24, 2.45) is 0 Å². The zero-order valence-corrected chi connectivity index (χ0v) is 10.3. The summed E-state index contributed by atoms with van der Waals surface area (Å²) in [7, 11) is 3.41. The van der Waals surface area contributed by atoms with E-state index in [4.69, 9.17) is 5.11 Å². The number of para-hydroxylation sites is 1. The topological polar surface area (TPSA) is 52.6 Å². The van der Waals surface area contributed by atoms with E-state index in [0.717, 1.165) is 5.69 Å². The summed E-state index contributed by atoms with van der Waals surface area (Å²) in [5.74, 6) is 0. The molecule has 0 aliphatic carbocycles. The monoisotopic (exact) mass is 282 g/mol. The largest absolute Gasteiger partial charge is 0.414 e. The number of hydrogen-bond donors (Lipinski definition) is 2. The van der Waals surface area contributed by atoms with Crippen LogP contribution in [0, 0.1) is 0 Å². The van der Waals surface area contributed by atoms with Gasteiger partial charge in [0.05, 0.1) is 0 Å². The molecule has 0 saturated carbocycles. The number of carbonyl (C=O) groups excluding carboxylic acids is 1. The predicted molar refractivity (Wildman–Crippen MR) is 62.3 cm³/mol. The Balaban J connectivity index is 0.000000399. The van der Waals surface area contributed by atoms with Crippen LogP contribution in [-0.4, -0.2) is 42.7 Å². The summed E-state index contributed by atoms with van der Waals surface area (Å²) in [4.78, 5) is 12.6. The van der Waals surface area contributed by atoms with E-state index < -0.39 is 12.5 Å². The molecular weight excluding hydrogens is 268 g/mol. The van der Waals surface area contributed by atoms with Crippen LogP contribution in [0.15, 0.2) is 30.3 Å². The van der Waals surface area contributed by atoms with E-state index in [1.807, 2.05) is 30.3 Å². The number of nitrogens with one attached hydrogen (secondary N) is 1. The van der Waals surface area contributed by atoms with Gasteiger partial charge < -0.3 is 15.3 Å². The number of carbonyl (C=O) groups is 1. The van der Waals surface area contributed by atoms with Crippen molar-refractivity contribution in [3.63, 3.8) is 0 Å². The molecule has 0 spiro atoms. The van der Waals surface area contributed by atoms with E-state index in [1.54, 1.807) is 14.1 Å². The van der Waals surface area contributed by atoms with Gasteiger partial charge in [0.15, 0.2) is 0 Å². The van der Waals surface area contributed by atoms with E-state index in [0.29, 0.717) is 0 Å². The van der Waals surface area contributed by atoms with Gasteiger partial charge in [-0.2, -0.15) is 8.78 Å². The van der Waals surface area contributed by atoms with E-state index in [2.05, 4.69) is 5.32 Å². The lowest BCUT2D eigenvalue weighted by Crippen LogP contribution is -2.27. The molecule has 0 radical (unpaired) electrons. The Bertz CT molecular complexity index is 380. The lowest BCUT2D eigenvalue weighted by Gasteiger charge is -2.11. The zero-order chi connectivity index (χ0) is 15.1. The van der Waals surface area contributed by atoms with Crippen LogP contribution in [0.5, 0.6) is 0 Å². The first-order valence-corrected chi connectivity index (χ1v) is 5.06. The molecule has 8 heteroatoms. The van der Waals surface area contributed by atoms with Gasteiger partial charge in [0.2, 0.25) is 0 Å². The summed E-state index contributed by atoms with van der Waals surface area (Å²) in [6.07, 6.45) is -8.81. The van der Waals surface area contributed by atoms with E-state index in [9.17, 15) is 22.4 Å². The van der Waals surface area contributed by atoms with Gasteiger partial charge >= 0.3 is 18.6 Å². The normalized spacial score (nSPS) is 10.5. The Morgan fingerprint density at radius 3 is 2.00 bits per heavy atom. The maximum atomic E-state index is 11.1. The Labute approximate surface area is 107 Å². The zero-order valence-electron chi connectivity index (χ0n) is 10.3. The first-order valence-electron chi connectivity index (χ1n) is 5.06. The fourth-order valence-electron chi connectivity index (χ4n) is 0.757. The summed E-state index contributed by atoms with van der Waals surface area (Å²) in [5.41, 5.74) is 0.816. The molecule has 0 aromatic heterocycles. The molecule has 1 aromatic carbocycles. The van der Waals surface area contributed by atoms with Crippen LogP contribution in [-0.2, 0) is 0 Å². The van der Waals surface area contributed by atoms with Crippen molar-refractivity contribution in [3.05, 3.63) is 30.3 Å². The van der Waals surface area contributed by atoms with E-state index in [-0.39, 0.29) is 6.03 Å². The summed E-state index contributed by atoms with van der Waals surface area (Å²) in [6, 6.07) is 9.26. The van der Waals surface area contributed by atoms with Crippen molar-refractivity contribution in [1.29, 1.82) is 0 Å². The number of benzene rings is 1. The van der Waals surface area contributed by atoms with Gasteiger partial charge in [0.25, 0.3) is 0 Å². The lowest BCUT2D eigenvalue weighted by molar-refractivity contribution is -0.271. The molecule has 0 bridgehead atoms. The molecule has 0 saturated heterocycles. The molecule has 0 atom stereocenters. The Kier molecular flexibility index (Phi) is 6.84. The van der Waals surface area contributed by atoms with Gasteiger partial charge in [-0.15, -0.1) is 0 Å². The lowest BCUT2D eigenvalue weighted by atomic mass is 10.3. The highest BCUT2D eigenvalue weighted by atomic mass is 19.3. The smallest absolute Gasteiger partial charge is 0.332 e. The second-order valence-electron chi connectivity index (χ2n) is 3.58. The van der Waals surface area contributed by atoms with E-state index >= 15 is 0 Å². The summed E-state index contributed by atoms with van der Waals surface area (Å²) < 4.78 is 42.4. The van der Waals surface area contributed by atoms with Crippen molar-refractivity contribution in [2.75, 3.05) is 19.4 Å². The number of anilines is 1. The van der Waals surface area contributed by atoms with Crippen molar-refractivity contribution in [2.45, 2.75) is 12.5 Å². The minimum absolute atomic E-state index is 0.110. The highest BCUT2D eigenvalue weighted by Gasteiger charge is 2.37. The Morgan fingerprint density at radius 2 is 1.68 bits per heavy atom. The quantitative estimate of drug-likeness (QED) is 0.819. The molecule has 19 heavy (non-hydrogen) atoms. The van der Waals surface area contributed by atoms with Crippen LogP contribution in [0.3, 0.4) is 0 Å². The number of rotatable bonds is 2. The van der Waals surface area contributed by atoms with Crippen molar-refractivity contribution >= 4 is 11.7 Å². The molecule has 2 amide bonds. The Hall–Kier alpha value is -1.83. The fraction of sp³-hybridized carbons (Fsp3) is 0.364. The van der Waals surface area contributed by atoms with Gasteiger partial charge in [0.1, 0.15) is 0 Å². The third-order valence-corrected chi connectivity index (χ3v) is 1.69. The first kappa shape index (κ1) is 17.2. The number of aliphatic hydroxyl groups is 1. The maximum absolute atomic E-state index is 11.1. The molecule has 0 aliphatic rings. The molecule has 0 aliphatic heterocycles. The number of urea groups is 1. The molecule has 1 rings (SSSR count). The van der Waals surface area contributed by atoms with Crippen LogP contribution < -0.4 is 5.32 Å². The van der Waals surface area contributed by atoms with Crippen molar-refractivity contribution in [1.82, 2.24) is 4.90 Å². The number of nitrogens with zero attached hydrogens (tertiary/aromatic N) is 1. The maximum Gasteiger partial charge on any atom is 0.414 e. The van der Waals surface area contributed by atoms with Crippen LogP contribution in [0.1, 0.15) is 0 Å². The predicted octanol–water partition coefficient (Wildman–Crippen LogP) is 2.62. The highest BCUT2D eigenvalue weighted by molar-refractivity contribution is 5.88. The Morgan fingerprint density at radius 1 is 1.26 bits per heavy atom. The molecule has 0 unspecified atom stereocenters. The third-order valence-electron chi connectivity index (χ3n) is 1.69. The van der Waals surface area contributed by atoms with Crippen molar-refractivity contribution in [3.8, 4) is 0 Å². The van der Waals surface area contributed by atoms with Crippen LogP contribution >= 0.6 is 0 Å². The minimum Gasteiger partial charge on any atom is -0.332 e. The third kappa shape index (κ3) is 7.98. The number of amides is 2.